The molecule has 0 amide bonds. The van der Waals surface area contributed by atoms with Crippen LogP contribution in [0, 0.1) is 23.4 Å². The Morgan fingerprint density at radius 2 is 1.89 bits per heavy atom. The van der Waals surface area contributed by atoms with Gasteiger partial charge in [0.1, 0.15) is 17.5 Å². The number of rotatable bonds is 3. The van der Waals surface area contributed by atoms with Gasteiger partial charge in [0, 0.05) is 29.7 Å². The fourth-order valence-corrected chi connectivity index (χ4v) is 2.55. The van der Waals surface area contributed by atoms with E-state index in [-0.39, 0.29) is 17.6 Å². The van der Waals surface area contributed by atoms with Crippen molar-refractivity contribution in [3.05, 3.63) is 35.1 Å². The molecule has 0 bridgehead atoms. The molecule has 1 saturated heterocycles. The zero-order valence-corrected chi connectivity index (χ0v) is 10.3. The lowest BCUT2D eigenvalue weighted by atomic mass is 9.90. The maximum atomic E-state index is 13.7. The van der Waals surface area contributed by atoms with Crippen molar-refractivity contribution in [2.75, 3.05) is 13.7 Å². The second-order valence-electron chi connectivity index (χ2n) is 4.69. The molecule has 3 unspecified atom stereocenters. The molecule has 1 fully saturated rings. The summed E-state index contributed by atoms with van der Waals surface area (Å²) >= 11 is 0. The Labute approximate surface area is 104 Å². The summed E-state index contributed by atoms with van der Waals surface area (Å²) in [5.41, 5.74) is -0.110. The lowest BCUT2D eigenvalue weighted by Crippen LogP contribution is -2.27. The number of ether oxygens (including phenoxy) is 1. The van der Waals surface area contributed by atoms with E-state index in [0.717, 1.165) is 6.42 Å². The average molecular weight is 259 g/mol. The molecule has 3 atom stereocenters. The smallest absolute Gasteiger partial charge is 0.133 e. The van der Waals surface area contributed by atoms with Crippen molar-refractivity contribution in [1.29, 1.82) is 0 Å². The number of halogens is 3. The molecule has 1 aliphatic heterocycles. The molecule has 18 heavy (non-hydrogen) atoms. The van der Waals surface area contributed by atoms with Crippen LogP contribution >= 0.6 is 0 Å². The monoisotopic (exact) mass is 259 g/mol. The van der Waals surface area contributed by atoms with Gasteiger partial charge in [-0.25, -0.2) is 13.2 Å². The van der Waals surface area contributed by atoms with Crippen molar-refractivity contribution in [3.63, 3.8) is 0 Å². The molecule has 1 aliphatic rings. The normalized spacial score (nSPS) is 25.4. The predicted molar refractivity (Wildman–Crippen MR) is 61.6 cm³/mol. The average Bonchev–Trinajstić information content (AvgIpc) is 2.69. The molecular weight excluding hydrogens is 243 g/mol. The van der Waals surface area contributed by atoms with Gasteiger partial charge < -0.3 is 10.1 Å². The van der Waals surface area contributed by atoms with Gasteiger partial charge in [-0.05, 0) is 20.4 Å². The van der Waals surface area contributed by atoms with E-state index in [1.54, 1.807) is 7.05 Å². The summed E-state index contributed by atoms with van der Waals surface area (Å²) < 4.78 is 45.8. The lowest BCUT2D eigenvalue weighted by molar-refractivity contribution is 0.117. The number of hydrogen-bond donors (Lipinski definition) is 1. The molecule has 0 aromatic heterocycles. The van der Waals surface area contributed by atoms with Gasteiger partial charge in [-0.2, -0.15) is 0 Å². The predicted octanol–water partition coefficient (Wildman–Crippen LogP) is 2.79. The van der Waals surface area contributed by atoms with Crippen molar-refractivity contribution in [2.24, 2.45) is 5.92 Å². The van der Waals surface area contributed by atoms with Crippen molar-refractivity contribution < 1.29 is 17.9 Å². The molecule has 1 aromatic rings. The van der Waals surface area contributed by atoms with E-state index in [0.29, 0.717) is 18.7 Å². The van der Waals surface area contributed by atoms with Crippen LogP contribution in [0.2, 0.25) is 0 Å². The van der Waals surface area contributed by atoms with Gasteiger partial charge in [-0.15, -0.1) is 0 Å². The summed E-state index contributed by atoms with van der Waals surface area (Å²) in [4.78, 5) is 0. The highest BCUT2D eigenvalue weighted by molar-refractivity contribution is 5.25. The molecular formula is C13H16F3NO. The minimum atomic E-state index is -0.903. The summed E-state index contributed by atoms with van der Waals surface area (Å²) in [6.45, 7) is 2.37. The van der Waals surface area contributed by atoms with Gasteiger partial charge in [0.15, 0.2) is 0 Å². The van der Waals surface area contributed by atoms with Gasteiger partial charge in [-0.3, -0.25) is 0 Å². The minimum Gasteiger partial charge on any atom is -0.378 e. The first-order chi connectivity index (χ1) is 8.52. The van der Waals surface area contributed by atoms with Crippen LogP contribution in [0.15, 0.2) is 12.1 Å². The largest absolute Gasteiger partial charge is 0.378 e. The third-order valence-corrected chi connectivity index (χ3v) is 3.37. The molecule has 2 nitrogen and oxygen atoms in total. The van der Waals surface area contributed by atoms with Crippen molar-refractivity contribution >= 4 is 0 Å². The van der Waals surface area contributed by atoms with Crippen LogP contribution in [0.3, 0.4) is 0 Å². The van der Waals surface area contributed by atoms with Crippen LogP contribution < -0.4 is 5.32 Å². The van der Waals surface area contributed by atoms with Crippen LogP contribution in [0.5, 0.6) is 0 Å². The molecule has 0 aliphatic carbocycles. The molecule has 0 radical (unpaired) electrons. The summed E-state index contributed by atoms with van der Waals surface area (Å²) in [5.74, 6) is -2.63. The van der Waals surface area contributed by atoms with E-state index in [4.69, 9.17) is 4.74 Å². The fourth-order valence-electron chi connectivity index (χ4n) is 2.55. The van der Waals surface area contributed by atoms with Gasteiger partial charge in [0.25, 0.3) is 0 Å². The Bertz CT molecular complexity index is 415. The first-order valence-electron chi connectivity index (χ1n) is 5.96. The maximum Gasteiger partial charge on any atom is 0.133 e. The van der Waals surface area contributed by atoms with Gasteiger partial charge in [-0.1, -0.05) is 0 Å². The maximum absolute atomic E-state index is 13.7. The third-order valence-electron chi connectivity index (χ3n) is 3.37. The Kier molecular flexibility index (Phi) is 3.92. The second kappa shape index (κ2) is 5.28. The standard InChI is InChI=1S/C13H16F3NO/c1-7-3-8(6-18-7)13(17-2)12-10(15)4-9(14)5-11(12)16/h4-5,7-8,13,17H,3,6H2,1-2H3. The topological polar surface area (TPSA) is 21.3 Å². The second-order valence-corrected chi connectivity index (χ2v) is 4.69. The lowest BCUT2D eigenvalue weighted by Gasteiger charge is -2.23. The van der Waals surface area contributed by atoms with Gasteiger partial charge in [0.2, 0.25) is 0 Å². The quantitative estimate of drug-likeness (QED) is 0.901. The highest BCUT2D eigenvalue weighted by Gasteiger charge is 2.33. The summed E-state index contributed by atoms with van der Waals surface area (Å²) in [7, 11) is 1.63. The van der Waals surface area contributed by atoms with E-state index < -0.39 is 23.5 Å². The number of nitrogens with one attached hydrogen (secondary N) is 1. The van der Waals surface area contributed by atoms with E-state index in [2.05, 4.69) is 5.32 Å². The van der Waals surface area contributed by atoms with Crippen LogP contribution in [0.1, 0.15) is 24.9 Å². The highest BCUT2D eigenvalue weighted by atomic mass is 19.1. The van der Waals surface area contributed by atoms with Gasteiger partial charge >= 0.3 is 0 Å². The number of hydrogen-bond acceptors (Lipinski definition) is 2. The Morgan fingerprint density at radius 1 is 1.28 bits per heavy atom. The van der Waals surface area contributed by atoms with E-state index in [9.17, 15) is 13.2 Å². The van der Waals surface area contributed by atoms with E-state index >= 15 is 0 Å². The molecule has 0 spiro atoms. The molecule has 2 rings (SSSR count). The SMILES string of the molecule is CNC(c1c(F)cc(F)cc1F)C1COC(C)C1. The Morgan fingerprint density at radius 3 is 2.33 bits per heavy atom. The molecule has 0 saturated carbocycles. The summed E-state index contributed by atoms with van der Waals surface area (Å²) in [5, 5.41) is 2.90. The first-order valence-corrected chi connectivity index (χ1v) is 5.96. The molecule has 100 valence electrons. The zero-order chi connectivity index (χ0) is 13.3. The van der Waals surface area contributed by atoms with Crippen LogP contribution in [-0.2, 0) is 4.74 Å². The summed E-state index contributed by atoms with van der Waals surface area (Å²) in [6.07, 6.45) is 0.805. The minimum absolute atomic E-state index is 0.0144. The van der Waals surface area contributed by atoms with Crippen molar-refractivity contribution in [2.45, 2.75) is 25.5 Å². The Balaban J connectivity index is 2.33. The molecule has 1 heterocycles. The first kappa shape index (κ1) is 13.4. The summed E-state index contributed by atoms with van der Waals surface area (Å²) in [6, 6.07) is 0.916. The van der Waals surface area contributed by atoms with Crippen molar-refractivity contribution in [3.8, 4) is 0 Å². The fraction of sp³-hybridized carbons (Fsp3) is 0.538. The van der Waals surface area contributed by atoms with Crippen LogP contribution in [0.4, 0.5) is 13.2 Å². The van der Waals surface area contributed by atoms with Crippen LogP contribution in [-0.4, -0.2) is 19.8 Å². The molecule has 5 heteroatoms. The van der Waals surface area contributed by atoms with Crippen LogP contribution in [0.25, 0.3) is 0 Å². The van der Waals surface area contributed by atoms with E-state index in [1.807, 2.05) is 6.92 Å². The molecule has 1 N–H and O–H groups in total. The van der Waals surface area contributed by atoms with Gasteiger partial charge in [0.05, 0.1) is 12.7 Å². The zero-order valence-electron chi connectivity index (χ0n) is 10.3. The van der Waals surface area contributed by atoms with E-state index in [1.165, 1.54) is 0 Å². The molecule has 1 aromatic carbocycles. The third kappa shape index (κ3) is 2.52. The highest BCUT2D eigenvalue weighted by Crippen LogP contribution is 2.34. The van der Waals surface area contributed by atoms with Crippen molar-refractivity contribution in [1.82, 2.24) is 5.32 Å². The number of benzene rings is 1. The Hall–Kier alpha value is -1.07.